The van der Waals surface area contributed by atoms with Crippen LogP contribution < -0.4 is 0 Å². The molecule has 1 aliphatic carbocycles. The first-order valence-corrected chi connectivity index (χ1v) is 8.09. The van der Waals surface area contributed by atoms with Crippen molar-refractivity contribution >= 4 is 11.6 Å². The van der Waals surface area contributed by atoms with Gasteiger partial charge in [0.1, 0.15) is 0 Å². The first-order valence-electron chi connectivity index (χ1n) is 7.65. The predicted molar refractivity (Wildman–Crippen MR) is 81.6 cm³/mol. The first-order chi connectivity index (χ1) is 8.97. The Hall–Kier alpha value is -0.500. The molecule has 3 atom stereocenters. The van der Waals surface area contributed by atoms with Crippen molar-refractivity contribution in [1.82, 2.24) is 9.78 Å². The van der Waals surface area contributed by atoms with Gasteiger partial charge in [0.2, 0.25) is 0 Å². The Morgan fingerprint density at radius 3 is 2.63 bits per heavy atom. The van der Waals surface area contributed by atoms with Gasteiger partial charge in [0.15, 0.2) is 0 Å². The van der Waals surface area contributed by atoms with Crippen molar-refractivity contribution in [2.24, 2.45) is 17.8 Å². The number of halogens is 1. The highest BCUT2D eigenvalue weighted by Gasteiger charge is 2.31. The molecule has 0 bridgehead atoms. The Morgan fingerprint density at radius 2 is 2.05 bits per heavy atom. The van der Waals surface area contributed by atoms with Crippen LogP contribution in [-0.4, -0.2) is 15.2 Å². The van der Waals surface area contributed by atoms with Gasteiger partial charge in [0, 0.05) is 17.6 Å². The average molecular weight is 283 g/mol. The standard InChI is InChI=1S/C16H27ClN2/c1-11(2)13-5-6-16(17)14(9-13)10-15-7-8-19(18-15)12(3)4/h7-8,11-14,16H,5-6,9-10H2,1-4H3. The van der Waals surface area contributed by atoms with Crippen molar-refractivity contribution in [3.05, 3.63) is 18.0 Å². The van der Waals surface area contributed by atoms with Crippen molar-refractivity contribution in [2.75, 3.05) is 0 Å². The molecule has 2 rings (SSSR count). The zero-order valence-corrected chi connectivity index (χ0v) is 13.4. The zero-order chi connectivity index (χ0) is 14.0. The number of nitrogens with zero attached hydrogens (tertiary/aromatic N) is 2. The summed E-state index contributed by atoms with van der Waals surface area (Å²) in [6.45, 7) is 9.00. The molecule has 0 aromatic carbocycles. The van der Waals surface area contributed by atoms with Gasteiger partial charge >= 0.3 is 0 Å². The van der Waals surface area contributed by atoms with Crippen LogP contribution in [0.3, 0.4) is 0 Å². The van der Waals surface area contributed by atoms with E-state index in [0.29, 0.717) is 17.3 Å². The quantitative estimate of drug-likeness (QED) is 0.733. The summed E-state index contributed by atoms with van der Waals surface area (Å²) in [5.41, 5.74) is 1.20. The summed E-state index contributed by atoms with van der Waals surface area (Å²) in [5, 5.41) is 5.00. The number of rotatable bonds is 4. The van der Waals surface area contributed by atoms with Gasteiger partial charge in [0.05, 0.1) is 5.69 Å². The summed E-state index contributed by atoms with van der Waals surface area (Å²) in [6, 6.07) is 2.60. The Labute approximate surface area is 122 Å². The molecule has 3 heteroatoms. The molecule has 0 saturated heterocycles. The minimum atomic E-state index is 0.333. The largest absolute Gasteiger partial charge is 0.270 e. The molecule has 0 spiro atoms. The Kier molecular flexibility index (Phi) is 4.94. The average Bonchev–Trinajstić information content (AvgIpc) is 2.80. The third-order valence-corrected chi connectivity index (χ3v) is 5.11. The van der Waals surface area contributed by atoms with Crippen LogP contribution in [0.25, 0.3) is 0 Å². The molecule has 1 aromatic rings. The fraction of sp³-hybridized carbons (Fsp3) is 0.812. The second-order valence-electron chi connectivity index (χ2n) is 6.68. The van der Waals surface area contributed by atoms with E-state index in [9.17, 15) is 0 Å². The van der Waals surface area contributed by atoms with Gasteiger partial charge in [-0.15, -0.1) is 11.6 Å². The third kappa shape index (κ3) is 3.75. The molecule has 0 N–H and O–H groups in total. The van der Waals surface area contributed by atoms with Gasteiger partial charge in [-0.2, -0.15) is 5.10 Å². The smallest absolute Gasteiger partial charge is 0.0628 e. The van der Waals surface area contributed by atoms with Gasteiger partial charge in [0.25, 0.3) is 0 Å². The van der Waals surface area contributed by atoms with Crippen LogP contribution >= 0.6 is 11.6 Å². The lowest BCUT2D eigenvalue weighted by Crippen LogP contribution is -2.29. The summed E-state index contributed by atoms with van der Waals surface area (Å²) in [6.07, 6.45) is 6.85. The first kappa shape index (κ1) is 14.9. The Morgan fingerprint density at radius 1 is 1.32 bits per heavy atom. The van der Waals surface area contributed by atoms with Gasteiger partial charge in [-0.25, -0.2) is 0 Å². The van der Waals surface area contributed by atoms with Gasteiger partial charge in [-0.3, -0.25) is 4.68 Å². The van der Waals surface area contributed by atoms with Crippen LogP contribution in [-0.2, 0) is 6.42 Å². The molecule has 1 fully saturated rings. The maximum absolute atomic E-state index is 6.54. The topological polar surface area (TPSA) is 17.8 Å². The van der Waals surface area contributed by atoms with E-state index in [0.717, 1.165) is 18.3 Å². The lowest BCUT2D eigenvalue weighted by molar-refractivity contribution is 0.217. The Bertz CT molecular complexity index is 397. The van der Waals surface area contributed by atoms with Crippen LogP contribution in [0.1, 0.15) is 58.7 Å². The summed E-state index contributed by atoms with van der Waals surface area (Å²) in [5.74, 6) is 2.21. The number of alkyl halides is 1. The summed E-state index contributed by atoms with van der Waals surface area (Å²) < 4.78 is 2.04. The summed E-state index contributed by atoms with van der Waals surface area (Å²) in [4.78, 5) is 0. The highest BCUT2D eigenvalue weighted by Crippen LogP contribution is 2.37. The molecule has 0 radical (unpaired) electrons. The van der Waals surface area contributed by atoms with E-state index in [1.165, 1.54) is 25.0 Å². The van der Waals surface area contributed by atoms with E-state index in [1.807, 2.05) is 4.68 Å². The summed E-state index contributed by atoms with van der Waals surface area (Å²) in [7, 11) is 0. The second kappa shape index (κ2) is 6.30. The molecule has 1 aromatic heterocycles. The lowest BCUT2D eigenvalue weighted by Gasteiger charge is -2.34. The van der Waals surface area contributed by atoms with Crippen LogP contribution in [0.2, 0.25) is 0 Å². The van der Waals surface area contributed by atoms with Crippen molar-refractivity contribution in [3.8, 4) is 0 Å². The van der Waals surface area contributed by atoms with E-state index < -0.39 is 0 Å². The third-order valence-electron chi connectivity index (χ3n) is 4.54. The number of hydrogen-bond donors (Lipinski definition) is 0. The van der Waals surface area contributed by atoms with Crippen molar-refractivity contribution in [2.45, 2.75) is 64.8 Å². The molecule has 0 amide bonds. The molecule has 1 saturated carbocycles. The monoisotopic (exact) mass is 282 g/mol. The molecule has 0 aliphatic heterocycles. The highest BCUT2D eigenvalue weighted by molar-refractivity contribution is 6.20. The zero-order valence-electron chi connectivity index (χ0n) is 12.6. The van der Waals surface area contributed by atoms with E-state index >= 15 is 0 Å². The maximum Gasteiger partial charge on any atom is 0.0628 e. The number of aromatic nitrogens is 2. The van der Waals surface area contributed by atoms with Crippen LogP contribution in [0, 0.1) is 17.8 Å². The molecule has 19 heavy (non-hydrogen) atoms. The highest BCUT2D eigenvalue weighted by atomic mass is 35.5. The van der Waals surface area contributed by atoms with Gasteiger partial charge < -0.3 is 0 Å². The molecular formula is C16H27ClN2. The fourth-order valence-electron chi connectivity index (χ4n) is 3.12. The van der Waals surface area contributed by atoms with E-state index in [2.05, 4.69) is 45.1 Å². The molecule has 1 heterocycles. The summed E-state index contributed by atoms with van der Waals surface area (Å²) >= 11 is 6.54. The van der Waals surface area contributed by atoms with E-state index in [4.69, 9.17) is 11.6 Å². The molecular weight excluding hydrogens is 256 g/mol. The van der Waals surface area contributed by atoms with E-state index in [-0.39, 0.29) is 0 Å². The van der Waals surface area contributed by atoms with Crippen LogP contribution in [0.5, 0.6) is 0 Å². The van der Waals surface area contributed by atoms with Gasteiger partial charge in [-0.1, -0.05) is 13.8 Å². The predicted octanol–water partition coefficient (Wildman–Crippen LogP) is 4.69. The normalized spacial score (nSPS) is 28.3. The molecule has 2 nitrogen and oxygen atoms in total. The minimum absolute atomic E-state index is 0.333. The van der Waals surface area contributed by atoms with Crippen molar-refractivity contribution in [1.29, 1.82) is 0 Å². The Balaban J connectivity index is 1.99. The SMILES string of the molecule is CC(C)C1CCC(Cl)C(Cc2ccn(C(C)C)n2)C1. The molecule has 108 valence electrons. The van der Waals surface area contributed by atoms with Crippen molar-refractivity contribution in [3.63, 3.8) is 0 Å². The lowest BCUT2D eigenvalue weighted by atomic mass is 9.74. The van der Waals surface area contributed by atoms with Crippen LogP contribution in [0.15, 0.2) is 12.3 Å². The van der Waals surface area contributed by atoms with Crippen molar-refractivity contribution < 1.29 is 0 Å². The molecule has 1 aliphatic rings. The molecule has 3 unspecified atom stereocenters. The van der Waals surface area contributed by atoms with E-state index in [1.54, 1.807) is 0 Å². The van der Waals surface area contributed by atoms with Crippen LogP contribution in [0.4, 0.5) is 0 Å². The van der Waals surface area contributed by atoms with Gasteiger partial charge in [-0.05, 0) is 63.4 Å². The fourth-order valence-corrected chi connectivity index (χ4v) is 3.44. The minimum Gasteiger partial charge on any atom is -0.270 e. The number of hydrogen-bond acceptors (Lipinski definition) is 1. The maximum atomic E-state index is 6.54. The second-order valence-corrected chi connectivity index (χ2v) is 7.24.